The molecule has 6 heteroatoms. The van der Waals surface area contributed by atoms with E-state index in [2.05, 4.69) is 79.3 Å². The molecule has 4 rings (SSSR count). The number of hydrogen-bond donors (Lipinski definition) is 0. The molecule has 0 aliphatic heterocycles. The van der Waals surface area contributed by atoms with Gasteiger partial charge in [-0.25, -0.2) is 9.97 Å². The van der Waals surface area contributed by atoms with Gasteiger partial charge in [0.05, 0.1) is 12.8 Å². The number of aromatic nitrogens is 2. The molecule has 0 unspecified atom stereocenters. The highest BCUT2D eigenvalue weighted by atomic mass is 28.4. The lowest BCUT2D eigenvalue weighted by molar-refractivity contribution is 0.281. The molecule has 5 nitrogen and oxygen atoms in total. The third-order valence-electron chi connectivity index (χ3n) is 5.24. The van der Waals surface area contributed by atoms with E-state index < -0.39 is 8.32 Å². The van der Waals surface area contributed by atoms with E-state index in [1.807, 2.05) is 12.1 Å². The first kappa shape index (κ1) is 20.3. The predicted octanol–water partition coefficient (Wildman–Crippen LogP) is 4.33. The van der Waals surface area contributed by atoms with Crippen LogP contribution in [-0.2, 0) is 17.5 Å². The van der Waals surface area contributed by atoms with Gasteiger partial charge in [0.2, 0.25) is 11.8 Å². The Kier molecular flexibility index (Phi) is 5.70. The third-order valence-corrected chi connectivity index (χ3v) is 10.2. The minimum Gasteiger partial charge on any atom is -0.448 e. The Balaban J connectivity index is 1.66. The second kappa shape index (κ2) is 8.42. The van der Waals surface area contributed by atoms with E-state index in [0.717, 1.165) is 5.69 Å². The van der Waals surface area contributed by atoms with Gasteiger partial charge >= 0.3 is 0 Å². The molecular weight excluding hydrogens is 392 g/mol. The number of rotatable bonds is 7. The fraction of sp³-hybridized carbons (Fsp3) is 0.250. The van der Waals surface area contributed by atoms with Crippen molar-refractivity contribution in [2.45, 2.75) is 38.8 Å². The van der Waals surface area contributed by atoms with Crippen molar-refractivity contribution < 1.29 is 13.3 Å². The van der Waals surface area contributed by atoms with Crippen molar-refractivity contribution in [3.63, 3.8) is 0 Å². The predicted molar refractivity (Wildman–Crippen MR) is 118 cm³/mol. The van der Waals surface area contributed by atoms with Gasteiger partial charge in [-0.15, -0.1) is 0 Å². The molecule has 2 heterocycles. The molecule has 0 amide bonds. The average molecular weight is 419 g/mol. The summed E-state index contributed by atoms with van der Waals surface area (Å²) < 4.78 is 17.8. The van der Waals surface area contributed by atoms with Gasteiger partial charge in [-0.3, -0.25) is 0 Å². The summed E-state index contributed by atoms with van der Waals surface area (Å²) in [5, 5.41) is 2.40. The number of benzene rings is 2. The Morgan fingerprint density at radius 2 is 1.50 bits per heavy atom. The van der Waals surface area contributed by atoms with Crippen molar-refractivity contribution in [1.82, 2.24) is 9.97 Å². The topological polar surface area (TPSA) is 61.3 Å². The number of hydrogen-bond acceptors (Lipinski definition) is 5. The maximum Gasteiger partial charge on any atom is 0.261 e. The smallest absolute Gasteiger partial charge is 0.261 e. The summed E-state index contributed by atoms with van der Waals surface area (Å²) in [7, 11) is -2.60. The molecule has 0 saturated heterocycles. The maximum absolute atomic E-state index is 6.88. The van der Waals surface area contributed by atoms with Crippen molar-refractivity contribution in [2.75, 3.05) is 0 Å². The molecule has 0 N–H and O–H groups in total. The van der Waals surface area contributed by atoms with Crippen LogP contribution >= 0.6 is 0 Å². The summed E-state index contributed by atoms with van der Waals surface area (Å²) in [4.78, 5) is 8.71. The second-order valence-corrected chi connectivity index (χ2v) is 12.6. The van der Waals surface area contributed by atoms with E-state index in [0.29, 0.717) is 24.8 Å². The average Bonchev–Trinajstić information content (AvgIpc) is 3.42. The quantitative estimate of drug-likeness (QED) is 0.418. The van der Waals surface area contributed by atoms with Crippen molar-refractivity contribution >= 4 is 18.7 Å². The minimum absolute atomic E-state index is 0.0830. The van der Waals surface area contributed by atoms with Crippen LogP contribution in [0.5, 0.6) is 0 Å². The lowest BCUT2D eigenvalue weighted by atomic mass is 10.2. The maximum atomic E-state index is 6.88. The van der Waals surface area contributed by atoms with Crippen LogP contribution in [0.3, 0.4) is 0 Å². The molecule has 2 aromatic heterocycles. The zero-order chi connectivity index (χ0) is 21.0. The van der Waals surface area contributed by atoms with E-state index in [9.17, 15) is 0 Å². The number of nitrogens with zero attached hydrogens (tertiary/aromatic N) is 2. The van der Waals surface area contributed by atoms with E-state index in [1.165, 1.54) is 10.4 Å². The molecule has 0 aliphatic carbocycles. The molecule has 154 valence electrons. The molecule has 4 aromatic rings. The van der Waals surface area contributed by atoms with Gasteiger partial charge in [0.25, 0.3) is 8.32 Å². The van der Waals surface area contributed by atoms with Gasteiger partial charge in [-0.05, 0) is 15.4 Å². The zero-order valence-electron chi connectivity index (χ0n) is 17.5. The van der Waals surface area contributed by atoms with Gasteiger partial charge in [-0.1, -0.05) is 81.4 Å². The summed E-state index contributed by atoms with van der Waals surface area (Å²) in [5.74, 6) is 1.15. The summed E-state index contributed by atoms with van der Waals surface area (Å²) >= 11 is 0. The molecule has 0 saturated carbocycles. The van der Waals surface area contributed by atoms with Crippen LogP contribution in [-0.4, -0.2) is 18.3 Å². The van der Waals surface area contributed by atoms with E-state index >= 15 is 0 Å². The van der Waals surface area contributed by atoms with E-state index in [4.69, 9.17) is 13.3 Å². The molecule has 0 fully saturated rings. The van der Waals surface area contributed by atoms with Gasteiger partial charge < -0.3 is 13.3 Å². The van der Waals surface area contributed by atoms with Crippen LogP contribution in [0.4, 0.5) is 0 Å². The summed E-state index contributed by atoms with van der Waals surface area (Å²) in [5.41, 5.74) is 0.768. The van der Waals surface area contributed by atoms with Gasteiger partial charge in [0, 0.05) is 0 Å². The lowest BCUT2D eigenvalue weighted by Gasteiger charge is -2.42. The van der Waals surface area contributed by atoms with Crippen LogP contribution in [0.2, 0.25) is 5.04 Å². The fourth-order valence-electron chi connectivity index (χ4n) is 3.91. The highest BCUT2D eigenvalue weighted by molar-refractivity contribution is 6.99. The monoisotopic (exact) mass is 418 g/mol. The SMILES string of the molecule is CC(C)(C)[Si](OCc1coc(Cc2ncco2)n1)(c1ccccc1)c1ccccc1. The largest absolute Gasteiger partial charge is 0.448 e. The minimum atomic E-state index is -2.60. The number of oxazole rings is 2. The first-order chi connectivity index (χ1) is 14.5. The fourth-order valence-corrected chi connectivity index (χ4v) is 8.43. The molecule has 0 bridgehead atoms. The standard InChI is InChI=1S/C24H26N2O3Si/c1-24(2,3)30(20-10-6-4-7-11-20,21-12-8-5-9-13-21)29-18-19-17-28-23(26-19)16-22-25-14-15-27-22/h4-15,17H,16,18H2,1-3H3. The van der Waals surface area contributed by atoms with Gasteiger partial charge in [-0.2, -0.15) is 0 Å². The normalized spacial score (nSPS) is 12.2. The van der Waals surface area contributed by atoms with Crippen molar-refractivity contribution in [3.8, 4) is 0 Å². The van der Waals surface area contributed by atoms with E-state index in [-0.39, 0.29) is 5.04 Å². The Morgan fingerprint density at radius 3 is 2.03 bits per heavy atom. The Labute approximate surface area is 177 Å². The van der Waals surface area contributed by atoms with Crippen LogP contribution in [0.25, 0.3) is 0 Å². The highest BCUT2D eigenvalue weighted by Gasteiger charge is 2.50. The Bertz CT molecular complexity index is 1020. The van der Waals surface area contributed by atoms with Gasteiger partial charge in [0.15, 0.2) is 0 Å². The zero-order valence-corrected chi connectivity index (χ0v) is 18.5. The summed E-state index contributed by atoms with van der Waals surface area (Å²) in [6.07, 6.45) is 5.25. The van der Waals surface area contributed by atoms with Crippen molar-refractivity contribution in [2.24, 2.45) is 0 Å². The Morgan fingerprint density at radius 1 is 0.867 bits per heavy atom. The van der Waals surface area contributed by atoms with Crippen LogP contribution in [0.15, 0.2) is 88.2 Å². The molecular formula is C24H26N2O3Si. The molecule has 0 spiro atoms. The molecule has 0 aliphatic rings. The summed E-state index contributed by atoms with van der Waals surface area (Å²) in [6.45, 7) is 7.16. The van der Waals surface area contributed by atoms with Crippen LogP contribution in [0.1, 0.15) is 38.2 Å². The first-order valence-corrected chi connectivity index (χ1v) is 12.0. The van der Waals surface area contributed by atoms with E-state index in [1.54, 1.807) is 18.7 Å². The van der Waals surface area contributed by atoms with Crippen molar-refractivity contribution in [1.29, 1.82) is 0 Å². The molecule has 0 radical (unpaired) electrons. The highest BCUT2D eigenvalue weighted by Crippen LogP contribution is 2.37. The Hall–Kier alpha value is -2.96. The van der Waals surface area contributed by atoms with Crippen molar-refractivity contribution in [3.05, 3.63) is 96.9 Å². The molecule has 2 aromatic carbocycles. The molecule has 30 heavy (non-hydrogen) atoms. The first-order valence-electron chi connectivity index (χ1n) is 10.1. The lowest BCUT2D eigenvalue weighted by Crippen LogP contribution is -2.66. The molecule has 0 atom stereocenters. The van der Waals surface area contributed by atoms with Crippen LogP contribution in [0, 0.1) is 0 Å². The second-order valence-electron chi connectivity index (χ2n) is 8.29. The third kappa shape index (κ3) is 4.01. The van der Waals surface area contributed by atoms with Crippen LogP contribution < -0.4 is 10.4 Å². The van der Waals surface area contributed by atoms with Gasteiger partial charge in [0.1, 0.15) is 24.6 Å². The summed E-state index contributed by atoms with van der Waals surface area (Å²) in [6, 6.07) is 21.1.